The van der Waals surface area contributed by atoms with E-state index in [0.29, 0.717) is 6.04 Å². The van der Waals surface area contributed by atoms with Gasteiger partial charge in [-0.3, -0.25) is 0 Å². The fraction of sp³-hybridized carbons (Fsp3) is 0.500. The fourth-order valence-corrected chi connectivity index (χ4v) is 3.09. The molecule has 0 heterocycles. The third-order valence-corrected chi connectivity index (χ3v) is 4.38. The predicted molar refractivity (Wildman–Crippen MR) is 96.5 cm³/mol. The molecule has 23 heavy (non-hydrogen) atoms. The molecule has 1 N–H and O–H groups in total. The summed E-state index contributed by atoms with van der Waals surface area (Å²) in [5.41, 5.74) is 4.05. The van der Waals surface area contributed by atoms with Gasteiger partial charge < -0.3 is 14.8 Å². The van der Waals surface area contributed by atoms with E-state index < -0.39 is 0 Å². The van der Waals surface area contributed by atoms with E-state index in [0.717, 1.165) is 43.7 Å². The van der Waals surface area contributed by atoms with E-state index in [1.165, 1.54) is 16.7 Å². The highest BCUT2D eigenvalue weighted by molar-refractivity contribution is 5.52. The van der Waals surface area contributed by atoms with Crippen LogP contribution in [0.3, 0.4) is 0 Å². The molecule has 0 bridgehead atoms. The highest BCUT2D eigenvalue weighted by Gasteiger charge is 2.23. The number of rotatable bonds is 7. The van der Waals surface area contributed by atoms with Gasteiger partial charge in [0.1, 0.15) is 0 Å². The summed E-state index contributed by atoms with van der Waals surface area (Å²) in [4.78, 5) is 0. The first kappa shape index (κ1) is 17.6. The van der Waals surface area contributed by atoms with Crippen molar-refractivity contribution >= 4 is 0 Å². The highest BCUT2D eigenvalue weighted by atomic mass is 16.5. The number of hydrogen-bond acceptors (Lipinski definition) is 3. The van der Waals surface area contributed by atoms with Crippen LogP contribution in [-0.4, -0.2) is 26.8 Å². The standard InChI is InChI=1S/C20H29NO2/c1-5-6-7-8-15(2)14-21-17-10-11-18-16(13-17)9-12-19(22-3)20(18)23-4/h6-9,12,17,21H,5,10-11,13-14H2,1-4H3/b7-6-,15-8+/t17-/m0/s1. The topological polar surface area (TPSA) is 30.5 Å². The molecule has 3 heteroatoms. The molecule has 1 aromatic carbocycles. The Kier molecular flexibility index (Phi) is 6.72. The summed E-state index contributed by atoms with van der Waals surface area (Å²) < 4.78 is 11.0. The molecule has 0 saturated heterocycles. The first-order valence-corrected chi connectivity index (χ1v) is 8.48. The Hall–Kier alpha value is -1.74. The van der Waals surface area contributed by atoms with Crippen LogP contribution in [0.1, 0.15) is 37.8 Å². The van der Waals surface area contributed by atoms with Crippen LogP contribution in [0, 0.1) is 0 Å². The van der Waals surface area contributed by atoms with Gasteiger partial charge in [0.25, 0.3) is 0 Å². The van der Waals surface area contributed by atoms with Crippen molar-refractivity contribution in [3.8, 4) is 11.5 Å². The summed E-state index contributed by atoms with van der Waals surface area (Å²) in [5.74, 6) is 1.74. The smallest absolute Gasteiger partial charge is 0.164 e. The molecule has 0 radical (unpaired) electrons. The number of ether oxygens (including phenoxy) is 2. The SMILES string of the molecule is CC/C=C\C=C(/C)CN[C@H]1CCc2c(ccc(OC)c2OC)C1. The first-order chi connectivity index (χ1) is 11.2. The Balaban J connectivity index is 1.98. The average molecular weight is 315 g/mol. The van der Waals surface area contributed by atoms with Gasteiger partial charge in [0, 0.05) is 18.2 Å². The van der Waals surface area contributed by atoms with Gasteiger partial charge in [-0.1, -0.05) is 36.8 Å². The maximum Gasteiger partial charge on any atom is 0.164 e. The molecule has 2 rings (SSSR count). The van der Waals surface area contributed by atoms with Crippen LogP contribution in [0.2, 0.25) is 0 Å². The van der Waals surface area contributed by atoms with Crippen LogP contribution in [0.5, 0.6) is 11.5 Å². The summed E-state index contributed by atoms with van der Waals surface area (Å²) in [6, 6.07) is 4.72. The van der Waals surface area contributed by atoms with Crippen molar-refractivity contribution in [2.24, 2.45) is 0 Å². The normalized spacial score (nSPS) is 18.1. The zero-order valence-electron chi connectivity index (χ0n) is 14.8. The second-order valence-electron chi connectivity index (χ2n) is 6.11. The van der Waals surface area contributed by atoms with E-state index in [2.05, 4.69) is 43.5 Å². The van der Waals surface area contributed by atoms with E-state index in [4.69, 9.17) is 9.47 Å². The molecule has 1 aromatic rings. The zero-order valence-corrected chi connectivity index (χ0v) is 14.8. The third-order valence-electron chi connectivity index (χ3n) is 4.38. The van der Waals surface area contributed by atoms with Gasteiger partial charge in [-0.15, -0.1) is 0 Å². The molecular weight excluding hydrogens is 286 g/mol. The van der Waals surface area contributed by atoms with Crippen molar-refractivity contribution in [1.82, 2.24) is 5.32 Å². The lowest BCUT2D eigenvalue weighted by atomic mass is 9.87. The van der Waals surface area contributed by atoms with Crippen molar-refractivity contribution in [3.63, 3.8) is 0 Å². The molecule has 0 aromatic heterocycles. The Morgan fingerprint density at radius 2 is 2.13 bits per heavy atom. The Labute approximate surface area is 140 Å². The van der Waals surface area contributed by atoms with Crippen LogP contribution in [0.25, 0.3) is 0 Å². The molecule has 0 fully saturated rings. The van der Waals surface area contributed by atoms with Crippen LogP contribution in [0.15, 0.2) is 35.9 Å². The van der Waals surface area contributed by atoms with Crippen molar-refractivity contribution < 1.29 is 9.47 Å². The molecule has 0 saturated carbocycles. The molecule has 0 aliphatic heterocycles. The molecule has 1 aliphatic rings. The summed E-state index contributed by atoms with van der Waals surface area (Å²) in [6.07, 6.45) is 10.8. The van der Waals surface area contributed by atoms with Gasteiger partial charge >= 0.3 is 0 Å². The maximum atomic E-state index is 5.56. The quantitative estimate of drug-likeness (QED) is 0.770. The van der Waals surface area contributed by atoms with E-state index in [1.54, 1.807) is 14.2 Å². The molecule has 1 atom stereocenters. The molecule has 0 amide bonds. The number of nitrogens with one attached hydrogen (secondary N) is 1. The van der Waals surface area contributed by atoms with E-state index in [-0.39, 0.29) is 0 Å². The second kappa shape index (κ2) is 8.78. The van der Waals surface area contributed by atoms with Crippen LogP contribution in [0.4, 0.5) is 0 Å². The maximum absolute atomic E-state index is 5.56. The molecule has 0 unspecified atom stereocenters. The Bertz CT molecular complexity index is 575. The predicted octanol–water partition coefficient (Wildman–Crippen LogP) is 4.06. The minimum absolute atomic E-state index is 0.527. The van der Waals surface area contributed by atoms with Gasteiger partial charge in [0.15, 0.2) is 11.5 Å². The lowest BCUT2D eigenvalue weighted by Gasteiger charge is -2.27. The minimum Gasteiger partial charge on any atom is -0.493 e. The zero-order chi connectivity index (χ0) is 16.7. The van der Waals surface area contributed by atoms with Gasteiger partial charge in [0.2, 0.25) is 0 Å². The van der Waals surface area contributed by atoms with Crippen LogP contribution >= 0.6 is 0 Å². The monoisotopic (exact) mass is 315 g/mol. The van der Waals surface area contributed by atoms with Crippen molar-refractivity contribution in [1.29, 1.82) is 0 Å². The fourth-order valence-electron chi connectivity index (χ4n) is 3.09. The minimum atomic E-state index is 0.527. The van der Waals surface area contributed by atoms with Crippen LogP contribution < -0.4 is 14.8 Å². The first-order valence-electron chi connectivity index (χ1n) is 8.48. The number of methoxy groups -OCH3 is 2. The van der Waals surface area contributed by atoms with Gasteiger partial charge in [-0.2, -0.15) is 0 Å². The van der Waals surface area contributed by atoms with Crippen LogP contribution in [-0.2, 0) is 12.8 Å². The Morgan fingerprint density at radius 3 is 2.83 bits per heavy atom. The summed E-state index contributed by atoms with van der Waals surface area (Å²) in [5, 5.41) is 3.68. The Morgan fingerprint density at radius 1 is 1.30 bits per heavy atom. The van der Waals surface area contributed by atoms with E-state index in [1.807, 2.05) is 6.07 Å². The van der Waals surface area contributed by atoms with Gasteiger partial charge in [-0.05, 0) is 44.2 Å². The lowest BCUT2D eigenvalue weighted by molar-refractivity contribution is 0.347. The van der Waals surface area contributed by atoms with Crippen molar-refractivity contribution in [3.05, 3.63) is 47.1 Å². The summed E-state index contributed by atoms with van der Waals surface area (Å²) in [7, 11) is 3.42. The van der Waals surface area contributed by atoms with Gasteiger partial charge in [-0.25, -0.2) is 0 Å². The largest absolute Gasteiger partial charge is 0.493 e. The average Bonchev–Trinajstić information content (AvgIpc) is 2.58. The number of hydrogen-bond donors (Lipinski definition) is 1. The van der Waals surface area contributed by atoms with E-state index in [9.17, 15) is 0 Å². The molecule has 0 spiro atoms. The summed E-state index contributed by atoms with van der Waals surface area (Å²) in [6.45, 7) is 5.28. The third kappa shape index (κ3) is 4.61. The number of benzene rings is 1. The number of allylic oxidation sites excluding steroid dienone is 3. The molecular formula is C20H29NO2. The van der Waals surface area contributed by atoms with E-state index >= 15 is 0 Å². The highest BCUT2D eigenvalue weighted by Crippen LogP contribution is 2.37. The lowest BCUT2D eigenvalue weighted by Crippen LogP contribution is -2.35. The molecule has 1 aliphatic carbocycles. The molecule has 126 valence electrons. The summed E-state index contributed by atoms with van der Waals surface area (Å²) >= 11 is 0. The molecule has 3 nitrogen and oxygen atoms in total. The van der Waals surface area contributed by atoms with Gasteiger partial charge in [0.05, 0.1) is 14.2 Å². The van der Waals surface area contributed by atoms with Crippen molar-refractivity contribution in [2.45, 2.75) is 45.6 Å². The second-order valence-corrected chi connectivity index (χ2v) is 6.11. The van der Waals surface area contributed by atoms with Crippen molar-refractivity contribution in [2.75, 3.05) is 20.8 Å². The number of fused-ring (bicyclic) bond motifs is 1.